The third kappa shape index (κ3) is 4.16. The minimum atomic E-state index is -0.512. The highest BCUT2D eigenvalue weighted by Gasteiger charge is 2.29. The average molecular weight is 284 g/mol. The van der Waals surface area contributed by atoms with Gasteiger partial charge in [-0.25, -0.2) is 0 Å². The first-order valence-corrected chi connectivity index (χ1v) is 7.40. The van der Waals surface area contributed by atoms with Gasteiger partial charge in [0.2, 0.25) is 0 Å². The van der Waals surface area contributed by atoms with E-state index < -0.39 is 5.41 Å². The van der Waals surface area contributed by atoms with Crippen molar-refractivity contribution in [3.63, 3.8) is 0 Å². The van der Waals surface area contributed by atoms with E-state index in [1.165, 1.54) is 16.7 Å². The molecule has 21 heavy (non-hydrogen) atoms. The zero-order valence-corrected chi connectivity index (χ0v) is 12.8. The molecule has 0 amide bonds. The summed E-state index contributed by atoms with van der Waals surface area (Å²) in [6.45, 7) is 4.11. The molecule has 2 nitrogen and oxygen atoms in total. The molecular weight excluding hydrogens is 260 g/mol. The molecule has 2 heteroatoms. The molecule has 0 aliphatic heterocycles. The summed E-state index contributed by atoms with van der Waals surface area (Å²) in [7, 11) is 0. The molecule has 0 fully saturated rings. The van der Waals surface area contributed by atoms with Crippen molar-refractivity contribution in [2.24, 2.45) is 5.41 Å². The molecule has 0 atom stereocenters. The first-order chi connectivity index (χ1) is 10.1. The largest absolute Gasteiger partial charge is 0.396 e. The molecular formula is C19H24O2. The standard InChI is InChI=1S/C19H24O2/c1-15-8-16(2)10-18(9-15)12-19(13-20,14-21)11-17-6-4-3-5-7-17/h3-10,20-21H,11-14H2,1-2H3. The molecule has 2 rings (SSSR count). The number of rotatable bonds is 6. The topological polar surface area (TPSA) is 40.5 Å². The van der Waals surface area contributed by atoms with Gasteiger partial charge in [0.05, 0.1) is 13.2 Å². The van der Waals surface area contributed by atoms with Gasteiger partial charge in [-0.1, -0.05) is 59.7 Å². The fraction of sp³-hybridized carbons (Fsp3) is 0.368. The molecule has 2 N–H and O–H groups in total. The maximum absolute atomic E-state index is 9.88. The van der Waals surface area contributed by atoms with E-state index in [9.17, 15) is 10.2 Å². The van der Waals surface area contributed by atoms with Crippen LogP contribution in [0.4, 0.5) is 0 Å². The molecule has 0 spiro atoms. The Hall–Kier alpha value is -1.64. The Balaban J connectivity index is 2.25. The van der Waals surface area contributed by atoms with Gasteiger partial charge in [0.1, 0.15) is 0 Å². The summed E-state index contributed by atoms with van der Waals surface area (Å²) in [5.41, 5.74) is 4.24. The molecule has 0 aromatic heterocycles. The highest BCUT2D eigenvalue weighted by atomic mass is 16.3. The van der Waals surface area contributed by atoms with E-state index in [2.05, 4.69) is 32.0 Å². The van der Waals surface area contributed by atoms with Gasteiger partial charge in [-0.3, -0.25) is 0 Å². The van der Waals surface area contributed by atoms with Crippen molar-refractivity contribution in [1.29, 1.82) is 0 Å². The van der Waals surface area contributed by atoms with Gasteiger partial charge in [-0.05, 0) is 37.8 Å². The smallest absolute Gasteiger partial charge is 0.0515 e. The van der Waals surface area contributed by atoms with Crippen LogP contribution >= 0.6 is 0 Å². The lowest BCUT2D eigenvalue weighted by Crippen LogP contribution is -2.35. The van der Waals surface area contributed by atoms with Crippen molar-refractivity contribution in [2.75, 3.05) is 13.2 Å². The second-order valence-corrected chi connectivity index (χ2v) is 6.15. The van der Waals surface area contributed by atoms with Gasteiger partial charge in [0.25, 0.3) is 0 Å². The van der Waals surface area contributed by atoms with Crippen molar-refractivity contribution >= 4 is 0 Å². The van der Waals surface area contributed by atoms with Gasteiger partial charge in [0.15, 0.2) is 0 Å². The summed E-state index contributed by atoms with van der Waals surface area (Å²) in [6, 6.07) is 16.5. The maximum atomic E-state index is 9.88. The Kier molecular flexibility index (Phi) is 5.16. The molecule has 0 radical (unpaired) electrons. The number of aliphatic hydroxyl groups excluding tert-OH is 2. The molecule has 112 valence electrons. The monoisotopic (exact) mass is 284 g/mol. The molecule has 0 unspecified atom stereocenters. The Labute approximate surface area is 127 Å². The van der Waals surface area contributed by atoms with Crippen molar-refractivity contribution in [3.05, 3.63) is 70.8 Å². The zero-order valence-electron chi connectivity index (χ0n) is 12.8. The van der Waals surface area contributed by atoms with E-state index >= 15 is 0 Å². The van der Waals surface area contributed by atoms with Gasteiger partial charge in [-0.2, -0.15) is 0 Å². The van der Waals surface area contributed by atoms with Crippen LogP contribution in [-0.4, -0.2) is 23.4 Å². The van der Waals surface area contributed by atoms with E-state index in [0.29, 0.717) is 12.8 Å². The molecule has 0 saturated heterocycles. The SMILES string of the molecule is Cc1cc(C)cc(CC(CO)(CO)Cc2ccccc2)c1. The van der Waals surface area contributed by atoms with Crippen LogP contribution in [0, 0.1) is 19.3 Å². The summed E-state index contributed by atoms with van der Waals surface area (Å²) in [6.07, 6.45) is 1.35. The summed E-state index contributed by atoms with van der Waals surface area (Å²) in [5, 5.41) is 19.8. The summed E-state index contributed by atoms with van der Waals surface area (Å²) in [4.78, 5) is 0. The molecule has 0 bridgehead atoms. The Morgan fingerprint density at radius 3 is 1.81 bits per heavy atom. The summed E-state index contributed by atoms with van der Waals surface area (Å²) >= 11 is 0. The minimum Gasteiger partial charge on any atom is -0.396 e. The molecule has 0 aliphatic rings. The van der Waals surface area contributed by atoms with Crippen molar-refractivity contribution < 1.29 is 10.2 Å². The highest BCUT2D eigenvalue weighted by Crippen LogP contribution is 2.28. The van der Waals surface area contributed by atoms with E-state index in [-0.39, 0.29) is 13.2 Å². The van der Waals surface area contributed by atoms with E-state index in [1.807, 2.05) is 30.3 Å². The van der Waals surface area contributed by atoms with Crippen molar-refractivity contribution in [3.8, 4) is 0 Å². The van der Waals surface area contributed by atoms with E-state index in [0.717, 1.165) is 5.56 Å². The average Bonchev–Trinajstić information content (AvgIpc) is 2.46. The van der Waals surface area contributed by atoms with Gasteiger partial charge in [0, 0.05) is 5.41 Å². The Morgan fingerprint density at radius 2 is 1.29 bits per heavy atom. The van der Waals surface area contributed by atoms with Crippen molar-refractivity contribution in [2.45, 2.75) is 26.7 Å². The van der Waals surface area contributed by atoms with Crippen LogP contribution in [0.1, 0.15) is 22.3 Å². The fourth-order valence-electron chi connectivity index (χ4n) is 2.97. The van der Waals surface area contributed by atoms with Crippen LogP contribution in [0.2, 0.25) is 0 Å². The quantitative estimate of drug-likeness (QED) is 0.856. The number of benzene rings is 2. The lowest BCUT2D eigenvalue weighted by molar-refractivity contribution is 0.0547. The first kappa shape index (κ1) is 15.7. The zero-order chi connectivity index (χ0) is 15.3. The Bertz CT molecular complexity index is 551. The molecule has 2 aromatic carbocycles. The van der Waals surface area contributed by atoms with E-state index in [1.54, 1.807) is 0 Å². The second kappa shape index (κ2) is 6.88. The van der Waals surface area contributed by atoms with Crippen molar-refractivity contribution in [1.82, 2.24) is 0 Å². The summed E-state index contributed by atoms with van der Waals surface area (Å²) < 4.78 is 0. The van der Waals surface area contributed by atoms with Crippen LogP contribution in [-0.2, 0) is 12.8 Å². The Morgan fingerprint density at radius 1 is 0.762 bits per heavy atom. The first-order valence-electron chi connectivity index (χ1n) is 7.40. The number of hydrogen-bond donors (Lipinski definition) is 2. The third-order valence-corrected chi connectivity index (χ3v) is 3.95. The van der Waals surface area contributed by atoms with Crippen LogP contribution in [0.3, 0.4) is 0 Å². The van der Waals surface area contributed by atoms with Crippen LogP contribution in [0.25, 0.3) is 0 Å². The minimum absolute atomic E-state index is 0.0224. The number of aryl methyl sites for hydroxylation is 2. The van der Waals surface area contributed by atoms with Crippen LogP contribution < -0.4 is 0 Å². The lowest BCUT2D eigenvalue weighted by atomic mass is 9.77. The van der Waals surface area contributed by atoms with Gasteiger partial charge < -0.3 is 10.2 Å². The number of aliphatic hydroxyl groups is 2. The predicted molar refractivity (Wildman–Crippen MR) is 86.4 cm³/mol. The normalized spacial score (nSPS) is 11.6. The molecule has 0 aliphatic carbocycles. The van der Waals surface area contributed by atoms with Gasteiger partial charge in [-0.15, -0.1) is 0 Å². The number of hydrogen-bond acceptors (Lipinski definition) is 2. The van der Waals surface area contributed by atoms with E-state index in [4.69, 9.17) is 0 Å². The van der Waals surface area contributed by atoms with Gasteiger partial charge >= 0.3 is 0 Å². The lowest BCUT2D eigenvalue weighted by Gasteiger charge is -2.30. The van der Waals surface area contributed by atoms with Crippen LogP contribution in [0.15, 0.2) is 48.5 Å². The molecule has 0 heterocycles. The summed E-state index contributed by atoms with van der Waals surface area (Å²) in [5.74, 6) is 0. The highest BCUT2D eigenvalue weighted by molar-refractivity contribution is 5.30. The molecule has 0 saturated carbocycles. The van der Waals surface area contributed by atoms with Crippen LogP contribution in [0.5, 0.6) is 0 Å². The fourth-order valence-corrected chi connectivity index (χ4v) is 2.97. The third-order valence-electron chi connectivity index (χ3n) is 3.95. The maximum Gasteiger partial charge on any atom is 0.0515 e. The molecule has 2 aromatic rings. The predicted octanol–water partition coefficient (Wildman–Crippen LogP) is 3.06. The second-order valence-electron chi connectivity index (χ2n) is 6.15.